The molecule has 8 heteroatoms. The molecule has 1 aromatic heterocycles. The average molecular weight is 483 g/mol. The number of amides is 1. The van der Waals surface area contributed by atoms with Gasteiger partial charge < -0.3 is 20.5 Å². The number of carbonyl (C=O) groups excluding carboxylic acids is 1. The standard InChI is InChI=1S/C19H25N5O2.HI/c1-12(2)17-9-14(26-24-17)11-22-19(20-3)21-10-13-8-18(25)23-16-7-5-4-6-15(13)16;/h4-7,9,12-13H,8,10-11H2,1-3H3,(H,23,25)(H2,20,21,22);1H. The van der Waals surface area contributed by atoms with Crippen LogP contribution in [0.1, 0.15) is 49.1 Å². The molecule has 0 radical (unpaired) electrons. The predicted octanol–water partition coefficient (Wildman–Crippen LogP) is 3.21. The number of benzene rings is 1. The van der Waals surface area contributed by atoms with Crippen LogP contribution in [0.3, 0.4) is 0 Å². The van der Waals surface area contributed by atoms with E-state index < -0.39 is 0 Å². The summed E-state index contributed by atoms with van der Waals surface area (Å²) >= 11 is 0. The van der Waals surface area contributed by atoms with Crippen LogP contribution >= 0.6 is 24.0 Å². The van der Waals surface area contributed by atoms with Crippen molar-refractivity contribution < 1.29 is 9.32 Å². The monoisotopic (exact) mass is 483 g/mol. The third kappa shape index (κ3) is 5.44. The molecule has 3 N–H and O–H groups in total. The Morgan fingerprint density at radius 1 is 1.37 bits per heavy atom. The first-order valence-electron chi connectivity index (χ1n) is 8.85. The van der Waals surface area contributed by atoms with Crippen molar-refractivity contribution in [1.82, 2.24) is 15.8 Å². The normalized spacial score (nSPS) is 16.4. The third-order valence-electron chi connectivity index (χ3n) is 4.44. The van der Waals surface area contributed by atoms with Crippen LogP contribution in [-0.4, -0.2) is 30.6 Å². The van der Waals surface area contributed by atoms with Crippen LogP contribution in [0.15, 0.2) is 39.8 Å². The smallest absolute Gasteiger partial charge is 0.225 e. The minimum Gasteiger partial charge on any atom is -0.359 e. The molecule has 0 saturated carbocycles. The van der Waals surface area contributed by atoms with E-state index in [1.807, 2.05) is 24.3 Å². The number of aromatic nitrogens is 1. The summed E-state index contributed by atoms with van der Waals surface area (Å²) in [6.45, 7) is 5.28. The van der Waals surface area contributed by atoms with Crippen LogP contribution < -0.4 is 16.0 Å². The molecule has 0 fully saturated rings. The van der Waals surface area contributed by atoms with Crippen molar-refractivity contribution >= 4 is 41.5 Å². The van der Waals surface area contributed by atoms with Gasteiger partial charge in [0, 0.05) is 37.7 Å². The van der Waals surface area contributed by atoms with Crippen molar-refractivity contribution in [3.8, 4) is 0 Å². The molecule has 7 nitrogen and oxygen atoms in total. The Hall–Kier alpha value is -2.10. The second-order valence-electron chi connectivity index (χ2n) is 6.72. The highest BCUT2D eigenvalue weighted by atomic mass is 127. The quantitative estimate of drug-likeness (QED) is 0.345. The highest BCUT2D eigenvalue weighted by Crippen LogP contribution is 2.31. The molecule has 0 aliphatic carbocycles. The first-order valence-corrected chi connectivity index (χ1v) is 8.85. The first kappa shape index (κ1) is 21.2. The van der Waals surface area contributed by atoms with E-state index in [0.717, 1.165) is 22.7 Å². The molecule has 27 heavy (non-hydrogen) atoms. The minimum atomic E-state index is 0. The van der Waals surface area contributed by atoms with E-state index in [-0.39, 0.29) is 35.8 Å². The molecular weight excluding hydrogens is 457 g/mol. The Morgan fingerprint density at radius 3 is 2.85 bits per heavy atom. The highest BCUT2D eigenvalue weighted by Gasteiger charge is 2.24. The van der Waals surface area contributed by atoms with Crippen LogP contribution in [0, 0.1) is 0 Å². The largest absolute Gasteiger partial charge is 0.359 e. The lowest BCUT2D eigenvalue weighted by Crippen LogP contribution is -2.40. The molecule has 0 bridgehead atoms. The number of nitrogens with one attached hydrogen (secondary N) is 3. The lowest BCUT2D eigenvalue weighted by Gasteiger charge is -2.26. The predicted molar refractivity (Wildman–Crippen MR) is 117 cm³/mol. The second-order valence-corrected chi connectivity index (χ2v) is 6.72. The molecule has 1 amide bonds. The zero-order valence-electron chi connectivity index (χ0n) is 15.8. The molecule has 1 aliphatic heterocycles. The molecule has 3 rings (SSSR count). The number of nitrogens with zero attached hydrogens (tertiary/aromatic N) is 2. The number of hydrogen-bond acceptors (Lipinski definition) is 4. The summed E-state index contributed by atoms with van der Waals surface area (Å²) in [7, 11) is 1.72. The van der Waals surface area contributed by atoms with Gasteiger partial charge in [0.2, 0.25) is 5.91 Å². The molecule has 2 heterocycles. The van der Waals surface area contributed by atoms with Crippen molar-refractivity contribution in [3.05, 3.63) is 47.3 Å². The Balaban J connectivity index is 0.00000261. The van der Waals surface area contributed by atoms with E-state index in [1.165, 1.54) is 0 Å². The summed E-state index contributed by atoms with van der Waals surface area (Å²) in [6, 6.07) is 9.86. The molecule has 1 aromatic carbocycles. The summed E-state index contributed by atoms with van der Waals surface area (Å²) in [4.78, 5) is 16.2. The number of hydrogen-bond donors (Lipinski definition) is 3. The van der Waals surface area contributed by atoms with Gasteiger partial charge in [0.15, 0.2) is 11.7 Å². The number of fused-ring (bicyclic) bond motifs is 1. The van der Waals surface area contributed by atoms with Crippen LogP contribution in [0.5, 0.6) is 0 Å². The molecule has 0 saturated heterocycles. The lowest BCUT2D eigenvalue weighted by molar-refractivity contribution is -0.116. The number of aliphatic imine (C=N–C) groups is 1. The maximum atomic E-state index is 11.9. The maximum Gasteiger partial charge on any atom is 0.225 e. The summed E-state index contributed by atoms with van der Waals surface area (Å²) in [5, 5.41) is 13.5. The summed E-state index contributed by atoms with van der Waals surface area (Å²) in [6.07, 6.45) is 0.459. The Labute approximate surface area is 176 Å². The zero-order chi connectivity index (χ0) is 18.5. The van der Waals surface area contributed by atoms with Crippen LogP contribution in [0.2, 0.25) is 0 Å². The van der Waals surface area contributed by atoms with Crippen molar-refractivity contribution in [2.75, 3.05) is 18.9 Å². The summed E-state index contributed by atoms with van der Waals surface area (Å²) in [5.41, 5.74) is 2.97. The summed E-state index contributed by atoms with van der Waals surface area (Å²) < 4.78 is 5.33. The van der Waals surface area contributed by atoms with Gasteiger partial charge in [0.05, 0.1) is 12.2 Å². The Morgan fingerprint density at radius 2 is 2.15 bits per heavy atom. The molecule has 1 aliphatic rings. The molecule has 1 atom stereocenters. The first-order chi connectivity index (χ1) is 12.6. The summed E-state index contributed by atoms with van der Waals surface area (Å²) in [5.74, 6) is 1.91. The average Bonchev–Trinajstić information content (AvgIpc) is 3.11. The lowest BCUT2D eigenvalue weighted by atomic mass is 9.90. The highest BCUT2D eigenvalue weighted by molar-refractivity contribution is 14.0. The van der Waals surface area contributed by atoms with Crippen LogP contribution in [-0.2, 0) is 11.3 Å². The van der Waals surface area contributed by atoms with Crippen LogP contribution in [0.4, 0.5) is 5.69 Å². The van der Waals surface area contributed by atoms with Gasteiger partial charge in [-0.2, -0.15) is 0 Å². The molecule has 2 aromatic rings. The molecular formula is C19H26IN5O2. The van der Waals surface area contributed by atoms with Crippen molar-refractivity contribution in [3.63, 3.8) is 0 Å². The zero-order valence-corrected chi connectivity index (χ0v) is 18.1. The van der Waals surface area contributed by atoms with E-state index in [1.54, 1.807) is 7.05 Å². The molecule has 1 unspecified atom stereocenters. The van der Waals surface area contributed by atoms with E-state index >= 15 is 0 Å². The van der Waals surface area contributed by atoms with Gasteiger partial charge in [-0.3, -0.25) is 9.79 Å². The van der Waals surface area contributed by atoms with E-state index in [2.05, 4.69) is 46.0 Å². The fraction of sp³-hybridized carbons (Fsp3) is 0.421. The fourth-order valence-electron chi connectivity index (χ4n) is 2.98. The molecule has 146 valence electrons. The van der Waals surface area contributed by atoms with Gasteiger partial charge in [-0.1, -0.05) is 37.2 Å². The van der Waals surface area contributed by atoms with Gasteiger partial charge in [0.1, 0.15) is 0 Å². The van der Waals surface area contributed by atoms with Crippen LogP contribution in [0.25, 0.3) is 0 Å². The SMILES string of the molecule is CN=C(NCc1cc(C(C)C)no1)NCC1CC(=O)Nc2ccccc21.I. The third-order valence-corrected chi connectivity index (χ3v) is 4.44. The van der Waals surface area contributed by atoms with Crippen molar-refractivity contribution in [2.45, 2.75) is 38.6 Å². The molecule has 0 spiro atoms. The second kappa shape index (κ2) is 9.72. The van der Waals surface area contributed by atoms with Gasteiger partial charge in [0.25, 0.3) is 0 Å². The van der Waals surface area contributed by atoms with E-state index in [0.29, 0.717) is 31.4 Å². The van der Waals surface area contributed by atoms with E-state index in [9.17, 15) is 4.79 Å². The van der Waals surface area contributed by atoms with E-state index in [4.69, 9.17) is 4.52 Å². The number of carbonyl (C=O) groups is 1. The fourth-order valence-corrected chi connectivity index (χ4v) is 2.98. The Kier molecular flexibility index (Phi) is 7.64. The number of anilines is 1. The van der Waals surface area contributed by atoms with Crippen molar-refractivity contribution in [2.24, 2.45) is 4.99 Å². The number of rotatable bonds is 5. The maximum absolute atomic E-state index is 11.9. The Bertz CT molecular complexity index is 803. The number of halogens is 1. The van der Waals surface area contributed by atoms with Gasteiger partial charge in [-0.15, -0.1) is 24.0 Å². The van der Waals surface area contributed by atoms with Crippen molar-refractivity contribution in [1.29, 1.82) is 0 Å². The van der Waals surface area contributed by atoms with Gasteiger partial charge in [-0.25, -0.2) is 0 Å². The number of para-hydroxylation sites is 1. The van der Waals surface area contributed by atoms with Gasteiger partial charge >= 0.3 is 0 Å². The topological polar surface area (TPSA) is 91.6 Å². The van der Waals surface area contributed by atoms with Gasteiger partial charge in [-0.05, 0) is 17.5 Å². The minimum absolute atomic E-state index is 0. The number of guanidine groups is 1.